The van der Waals surface area contributed by atoms with Crippen LogP contribution in [0, 0.1) is 5.92 Å². The van der Waals surface area contributed by atoms with Crippen LogP contribution in [0.4, 0.5) is 0 Å². The molecule has 2 rings (SSSR count). The minimum absolute atomic E-state index is 0.733. The normalized spacial score (nSPS) is 37.6. The first-order valence-electron chi connectivity index (χ1n) is 5.68. The fourth-order valence-electron chi connectivity index (χ4n) is 2.57. The molecule has 2 nitrogen and oxygen atoms in total. The highest BCUT2D eigenvalue weighted by Crippen LogP contribution is 2.21. The topological polar surface area (TPSA) is 12.5 Å². The highest BCUT2D eigenvalue weighted by molar-refractivity contribution is 4.79. The van der Waals surface area contributed by atoms with Crippen molar-refractivity contribution in [3.8, 4) is 0 Å². The summed E-state index contributed by atoms with van der Waals surface area (Å²) in [7, 11) is 0. The van der Waals surface area contributed by atoms with Gasteiger partial charge in [0, 0.05) is 19.2 Å². The maximum atomic E-state index is 5.53. The molecule has 2 heterocycles. The quantitative estimate of drug-likeness (QED) is 0.615. The molecule has 1 unspecified atom stereocenters. The molecule has 0 N–H and O–H groups in total. The van der Waals surface area contributed by atoms with E-state index in [1.54, 1.807) is 0 Å². The summed E-state index contributed by atoms with van der Waals surface area (Å²) in [5, 5.41) is 0. The summed E-state index contributed by atoms with van der Waals surface area (Å²) in [6, 6.07) is 0.733. The smallest absolute Gasteiger partial charge is 0.0621 e. The lowest BCUT2D eigenvalue weighted by Gasteiger charge is -2.38. The number of likely N-dealkylation sites (tertiary alicyclic amines) is 1. The second-order valence-corrected chi connectivity index (χ2v) is 4.61. The Morgan fingerprint density at radius 2 is 2.15 bits per heavy atom. The first kappa shape index (κ1) is 9.47. The molecule has 0 bridgehead atoms. The standard InChI is InChI=1S/C11H21NO/c1-10-4-2-6-12(8-10)11-5-3-7-13-9-11/h10-11H,2-9H2,1H3/t10-,11?/m0/s1. The third kappa shape index (κ3) is 2.44. The van der Waals surface area contributed by atoms with Crippen molar-refractivity contribution in [2.75, 3.05) is 26.3 Å². The van der Waals surface area contributed by atoms with Crippen molar-refractivity contribution >= 4 is 0 Å². The van der Waals surface area contributed by atoms with Crippen LogP contribution in [0.3, 0.4) is 0 Å². The summed E-state index contributed by atoms with van der Waals surface area (Å²) in [6.45, 7) is 6.94. The fourth-order valence-corrected chi connectivity index (χ4v) is 2.57. The minimum atomic E-state index is 0.733. The van der Waals surface area contributed by atoms with Crippen molar-refractivity contribution in [3.63, 3.8) is 0 Å². The molecule has 0 aromatic carbocycles. The number of nitrogens with zero attached hydrogens (tertiary/aromatic N) is 1. The van der Waals surface area contributed by atoms with Gasteiger partial charge in [-0.15, -0.1) is 0 Å². The molecule has 0 amide bonds. The first-order valence-corrected chi connectivity index (χ1v) is 5.68. The Balaban J connectivity index is 1.83. The SMILES string of the molecule is C[C@H]1CCCN(C2CCCOC2)C1. The van der Waals surface area contributed by atoms with Crippen molar-refractivity contribution in [1.82, 2.24) is 4.90 Å². The van der Waals surface area contributed by atoms with Crippen LogP contribution < -0.4 is 0 Å². The monoisotopic (exact) mass is 183 g/mol. The van der Waals surface area contributed by atoms with Gasteiger partial charge < -0.3 is 4.74 Å². The Kier molecular flexibility index (Phi) is 3.23. The van der Waals surface area contributed by atoms with Crippen LogP contribution in [0.5, 0.6) is 0 Å². The maximum Gasteiger partial charge on any atom is 0.0621 e. The van der Waals surface area contributed by atoms with E-state index < -0.39 is 0 Å². The van der Waals surface area contributed by atoms with E-state index in [0.717, 1.165) is 25.2 Å². The van der Waals surface area contributed by atoms with E-state index in [0.29, 0.717) is 0 Å². The van der Waals surface area contributed by atoms with Crippen LogP contribution >= 0.6 is 0 Å². The number of piperidine rings is 1. The summed E-state index contributed by atoms with van der Waals surface area (Å²) in [5.41, 5.74) is 0. The van der Waals surface area contributed by atoms with Crippen molar-refractivity contribution in [2.45, 2.75) is 38.6 Å². The minimum Gasteiger partial charge on any atom is -0.380 e. The molecule has 0 radical (unpaired) electrons. The van der Waals surface area contributed by atoms with Gasteiger partial charge in [0.2, 0.25) is 0 Å². The zero-order valence-corrected chi connectivity index (χ0v) is 8.67. The number of hydrogen-bond acceptors (Lipinski definition) is 2. The van der Waals surface area contributed by atoms with Gasteiger partial charge in [-0.2, -0.15) is 0 Å². The van der Waals surface area contributed by atoms with Gasteiger partial charge in [-0.25, -0.2) is 0 Å². The Morgan fingerprint density at radius 3 is 2.85 bits per heavy atom. The van der Waals surface area contributed by atoms with E-state index >= 15 is 0 Å². The van der Waals surface area contributed by atoms with Crippen molar-refractivity contribution in [3.05, 3.63) is 0 Å². The Hall–Kier alpha value is -0.0800. The van der Waals surface area contributed by atoms with Gasteiger partial charge in [0.1, 0.15) is 0 Å². The van der Waals surface area contributed by atoms with E-state index in [9.17, 15) is 0 Å². The van der Waals surface area contributed by atoms with Crippen molar-refractivity contribution in [1.29, 1.82) is 0 Å². The average Bonchev–Trinajstić information content (AvgIpc) is 2.19. The molecule has 2 heteroatoms. The van der Waals surface area contributed by atoms with E-state index in [-0.39, 0.29) is 0 Å². The predicted octanol–water partition coefficient (Wildman–Crippen LogP) is 1.90. The molecule has 76 valence electrons. The van der Waals surface area contributed by atoms with E-state index in [4.69, 9.17) is 4.74 Å². The molecule has 0 saturated carbocycles. The van der Waals surface area contributed by atoms with Crippen LogP contribution in [0.2, 0.25) is 0 Å². The lowest BCUT2D eigenvalue weighted by Crippen LogP contribution is -2.45. The summed E-state index contributed by atoms with van der Waals surface area (Å²) in [4.78, 5) is 2.65. The lowest BCUT2D eigenvalue weighted by atomic mass is 9.97. The third-order valence-corrected chi connectivity index (χ3v) is 3.34. The number of rotatable bonds is 1. The molecule has 2 saturated heterocycles. The van der Waals surface area contributed by atoms with Crippen LogP contribution in [0.1, 0.15) is 32.6 Å². The number of ether oxygens (including phenoxy) is 1. The second kappa shape index (κ2) is 4.43. The van der Waals surface area contributed by atoms with E-state index in [2.05, 4.69) is 11.8 Å². The highest BCUT2D eigenvalue weighted by Gasteiger charge is 2.25. The van der Waals surface area contributed by atoms with Crippen molar-refractivity contribution in [2.24, 2.45) is 5.92 Å². The fraction of sp³-hybridized carbons (Fsp3) is 1.00. The molecule has 2 aliphatic heterocycles. The molecule has 0 spiro atoms. The van der Waals surface area contributed by atoms with Gasteiger partial charge >= 0.3 is 0 Å². The average molecular weight is 183 g/mol. The number of hydrogen-bond donors (Lipinski definition) is 0. The Labute approximate surface area is 81.3 Å². The summed E-state index contributed by atoms with van der Waals surface area (Å²) >= 11 is 0. The van der Waals surface area contributed by atoms with Crippen LogP contribution in [-0.2, 0) is 4.74 Å². The van der Waals surface area contributed by atoms with Gasteiger partial charge in [0.25, 0.3) is 0 Å². The van der Waals surface area contributed by atoms with Crippen molar-refractivity contribution < 1.29 is 4.74 Å². The van der Waals surface area contributed by atoms with E-state index in [1.807, 2.05) is 0 Å². The van der Waals surface area contributed by atoms with E-state index in [1.165, 1.54) is 38.8 Å². The van der Waals surface area contributed by atoms with Gasteiger partial charge in [0.05, 0.1) is 6.61 Å². The molecular weight excluding hydrogens is 162 g/mol. The van der Waals surface area contributed by atoms with Crippen LogP contribution in [-0.4, -0.2) is 37.2 Å². The highest BCUT2D eigenvalue weighted by atomic mass is 16.5. The summed E-state index contributed by atoms with van der Waals surface area (Å²) < 4.78 is 5.53. The lowest BCUT2D eigenvalue weighted by molar-refractivity contribution is 0.00330. The first-order chi connectivity index (χ1) is 6.36. The largest absolute Gasteiger partial charge is 0.380 e. The molecule has 0 aromatic rings. The molecular formula is C11H21NO. The summed E-state index contributed by atoms with van der Waals surface area (Å²) in [6.07, 6.45) is 5.42. The predicted molar refractivity (Wildman–Crippen MR) is 53.8 cm³/mol. The molecule has 0 aromatic heterocycles. The molecule has 13 heavy (non-hydrogen) atoms. The van der Waals surface area contributed by atoms with Crippen LogP contribution in [0.15, 0.2) is 0 Å². The molecule has 0 aliphatic carbocycles. The van der Waals surface area contributed by atoms with Crippen LogP contribution in [0.25, 0.3) is 0 Å². The molecule has 2 fully saturated rings. The maximum absolute atomic E-state index is 5.53. The third-order valence-electron chi connectivity index (χ3n) is 3.34. The Bertz CT molecular complexity index is 154. The zero-order chi connectivity index (χ0) is 9.10. The van der Waals surface area contributed by atoms with Gasteiger partial charge in [0.15, 0.2) is 0 Å². The second-order valence-electron chi connectivity index (χ2n) is 4.61. The van der Waals surface area contributed by atoms with Gasteiger partial charge in [-0.05, 0) is 38.1 Å². The van der Waals surface area contributed by atoms with Gasteiger partial charge in [-0.1, -0.05) is 6.92 Å². The summed E-state index contributed by atoms with van der Waals surface area (Å²) in [5.74, 6) is 0.899. The molecule has 2 aliphatic rings. The van der Waals surface area contributed by atoms with Gasteiger partial charge in [-0.3, -0.25) is 4.90 Å². The molecule has 2 atom stereocenters. The zero-order valence-electron chi connectivity index (χ0n) is 8.67. The Morgan fingerprint density at radius 1 is 1.23 bits per heavy atom.